The fourth-order valence-electron chi connectivity index (χ4n) is 1.07. The normalized spacial score (nSPS) is 11.2. The second kappa shape index (κ2) is 8.20. The number of rotatable bonds is 7. The molecule has 4 N–H and O–H groups in total. The van der Waals surface area contributed by atoms with Crippen LogP contribution in [0.1, 0.15) is 25.7 Å². The van der Waals surface area contributed by atoms with Gasteiger partial charge in [-0.2, -0.15) is 13.2 Å². The van der Waals surface area contributed by atoms with Gasteiger partial charge in [-0.25, -0.2) is 4.79 Å². The number of amides is 2. The van der Waals surface area contributed by atoms with Gasteiger partial charge in [0.05, 0.1) is 0 Å². The number of halogens is 3. The van der Waals surface area contributed by atoms with Crippen LogP contribution in [0.4, 0.5) is 18.0 Å². The van der Waals surface area contributed by atoms with Crippen LogP contribution in [-0.4, -0.2) is 31.8 Å². The summed E-state index contributed by atoms with van der Waals surface area (Å²) in [5.74, 6) is 0. The maximum atomic E-state index is 11.7. The zero-order valence-electron chi connectivity index (χ0n) is 9.07. The maximum absolute atomic E-state index is 11.7. The Morgan fingerprint density at radius 2 is 1.69 bits per heavy atom. The second-order valence-corrected chi connectivity index (χ2v) is 3.43. The fraction of sp³-hybridized carbons (Fsp3) is 0.889. The average molecular weight is 241 g/mol. The van der Waals surface area contributed by atoms with E-state index in [1.54, 1.807) is 5.32 Å². The van der Waals surface area contributed by atoms with E-state index >= 15 is 0 Å². The molecule has 0 aromatic heterocycles. The summed E-state index contributed by atoms with van der Waals surface area (Å²) in [6.45, 7) is -0.278. The van der Waals surface area contributed by atoms with E-state index in [1.165, 1.54) is 0 Å². The highest BCUT2D eigenvalue weighted by Crippen LogP contribution is 2.11. The van der Waals surface area contributed by atoms with Crippen molar-refractivity contribution >= 4 is 6.03 Å². The van der Waals surface area contributed by atoms with Crippen LogP contribution < -0.4 is 16.4 Å². The molecule has 0 spiro atoms. The van der Waals surface area contributed by atoms with E-state index in [9.17, 15) is 18.0 Å². The monoisotopic (exact) mass is 241 g/mol. The Bertz CT molecular complexity index is 197. The average Bonchev–Trinajstić information content (AvgIpc) is 2.19. The molecule has 16 heavy (non-hydrogen) atoms. The molecule has 0 radical (unpaired) electrons. The number of hydrogen-bond acceptors (Lipinski definition) is 2. The van der Waals surface area contributed by atoms with Crippen molar-refractivity contribution < 1.29 is 18.0 Å². The third-order valence-electron chi connectivity index (χ3n) is 1.87. The van der Waals surface area contributed by atoms with Gasteiger partial charge in [0.25, 0.3) is 0 Å². The molecule has 0 atom stereocenters. The SMILES string of the molecule is NCCCCCCNC(=O)NCC(F)(F)F. The fourth-order valence-corrected chi connectivity index (χ4v) is 1.07. The van der Waals surface area contributed by atoms with Crippen LogP contribution in [0.2, 0.25) is 0 Å². The number of nitrogens with two attached hydrogens (primary N) is 1. The minimum Gasteiger partial charge on any atom is -0.338 e. The molecular weight excluding hydrogens is 223 g/mol. The van der Waals surface area contributed by atoms with Crippen molar-refractivity contribution in [3.05, 3.63) is 0 Å². The van der Waals surface area contributed by atoms with Crippen molar-refractivity contribution in [2.24, 2.45) is 5.73 Å². The molecule has 0 bridgehead atoms. The molecule has 2 amide bonds. The lowest BCUT2D eigenvalue weighted by atomic mass is 10.2. The van der Waals surface area contributed by atoms with Crippen LogP contribution in [0.5, 0.6) is 0 Å². The predicted molar refractivity (Wildman–Crippen MR) is 55.0 cm³/mol. The summed E-state index contributed by atoms with van der Waals surface area (Å²) in [7, 11) is 0. The van der Waals surface area contributed by atoms with Gasteiger partial charge < -0.3 is 16.4 Å². The largest absolute Gasteiger partial charge is 0.405 e. The smallest absolute Gasteiger partial charge is 0.338 e. The van der Waals surface area contributed by atoms with Gasteiger partial charge in [0.15, 0.2) is 0 Å². The quantitative estimate of drug-likeness (QED) is 0.589. The third kappa shape index (κ3) is 11.1. The molecule has 0 fully saturated rings. The number of urea groups is 1. The minimum absolute atomic E-state index is 0.383. The predicted octanol–water partition coefficient (Wildman–Crippen LogP) is 1.37. The lowest BCUT2D eigenvalue weighted by molar-refractivity contribution is -0.122. The Kier molecular flexibility index (Phi) is 7.70. The topological polar surface area (TPSA) is 67.1 Å². The highest BCUT2D eigenvalue weighted by atomic mass is 19.4. The molecule has 0 saturated heterocycles. The standard InChI is InChI=1S/C9H18F3N3O/c10-9(11,12)7-15-8(16)14-6-4-2-1-3-5-13/h1-7,13H2,(H2,14,15,16). The van der Waals surface area contributed by atoms with Gasteiger partial charge in [-0.15, -0.1) is 0 Å². The molecule has 96 valence electrons. The number of nitrogens with one attached hydrogen (secondary N) is 2. The van der Waals surface area contributed by atoms with Crippen LogP contribution in [0, 0.1) is 0 Å². The molecule has 0 rings (SSSR count). The lowest BCUT2D eigenvalue weighted by Crippen LogP contribution is -2.41. The van der Waals surface area contributed by atoms with E-state index in [2.05, 4.69) is 5.32 Å². The Labute approximate surface area is 92.8 Å². The summed E-state index contributed by atoms with van der Waals surface area (Å²) in [6, 6.07) is -0.781. The molecule has 4 nitrogen and oxygen atoms in total. The minimum atomic E-state index is -4.36. The van der Waals surface area contributed by atoms with Gasteiger partial charge in [-0.1, -0.05) is 12.8 Å². The first-order valence-electron chi connectivity index (χ1n) is 5.24. The number of carbonyl (C=O) groups is 1. The van der Waals surface area contributed by atoms with E-state index in [4.69, 9.17) is 5.73 Å². The van der Waals surface area contributed by atoms with Crippen molar-refractivity contribution in [3.8, 4) is 0 Å². The Hall–Kier alpha value is -0.980. The van der Waals surface area contributed by atoms with Crippen LogP contribution in [0.15, 0.2) is 0 Å². The number of hydrogen-bond donors (Lipinski definition) is 3. The Morgan fingerprint density at radius 3 is 2.25 bits per heavy atom. The number of unbranched alkanes of at least 4 members (excludes halogenated alkanes) is 3. The second-order valence-electron chi connectivity index (χ2n) is 3.43. The third-order valence-corrected chi connectivity index (χ3v) is 1.87. The van der Waals surface area contributed by atoms with Crippen LogP contribution in [-0.2, 0) is 0 Å². The first-order valence-corrected chi connectivity index (χ1v) is 5.24. The number of alkyl halides is 3. The van der Waals surface area contributed by atoms with Crippen molar-refractivity contribution in [3.63, 3.8) is 0 Å². The molecular formula is C9H18F3N3O. The molecule has 7 heteroatoms. The van der Waals surface area contributed by atoms with Crippen LogP contribution >= 0.6 is 0 Å². The summed E-state index contributed by atoms with van der Waals surface area (Å²) in [5.41, 5.74) is 5.29. The first kappa shape index (κ1) is 15.0. The van der Waals surface area contributed by atoms with E-state index in [-0.39, 0.29) is 0 Å². The van der Waals surface area contributed by atoms with Gasteiger partial charge in [-0.3, -0.25) is 0 Å². The van der Waals surface area contributed by atoms with Gasteiger partial charge in [0.2, 0.25) is 0 Å². The molecule has 0 aromatic rings. The number of carbonyl (C=O) groups excluding carboxylic acids is 1. The summed E-state index contributed by atoms with van der Waals surface area (Å²) in [6.07, 6.45) is -0.794. The van der Waals surface area contributed by atoms with Crippen LogP contribution in [0.3, 0.4) is 0 Å². The van der Waals surface area contributed by atoms with Crippen LogP contribution in [0.25, 0.3) is 0 Å². The van der Waals surface area contributed by atoms with Crippen molar-refractivity contribution in [1.29, 1.82) is 0 Å². The first-order chi connectivity index (χ1) is 7.45. The molecule has 0 aliphatic carbocycles. The van der Waals surface area contributed by atoms with E-state index in [0.717, 1.165) is 25.7 Å². The van der Waals surface area contributed by atoms with E-state index in [1.807, 2.05) is 0 Å². The maximum Gasteiger partial charge on any atom is 0.405 e. The zero-order chi connectivity index (χ0) is 12.4. The van der Waals surface area contributed by atoms with Crippen molar-refractivity contribution in [2.75, 3.05) is 19.6 Å². The van der Waals surface area contributed by atoms with Crippen molar-refractivity contribution in [1.82, 2.24) is 10.6 Å². The Balaban J connectivity index is 3.31. The van der Waals surface area contributed by atoms with Gasteiger partial charge in [0, 0.05) is 6.54 Å². The lowest BCUT2D eigenvalue weighted by Gasteiger charge is -2.09. The molecule has 0 unspecified atom stereocenters. The highest BCUT2D eigenvalue weighted by molar-refractivity contribution is 5.73. The highest BCUT2D eigenvalue weighted by Gasteiger charge is 2.27. The Morgan fingerprint density at radius 1 is 1.06 bits per heavy atom. The van der Waals surface area contributed by atoms with Gasteiger partial charge in [0.1, 0.15) is 6.54 Å². The molecule has 0 heterocycles. The summed E-state index contributed by atoms with van der Waals surface area (Å²) < 4.78 is 35.1. The zero-order valence-corrected chi connectivity index (χ0v) is 9.07. The molecule has 0 aliphatic rings. The molecule has 0 aliphatic heterocycles. The van der Waals surface area contributed by atoms with E-state index in [0.29, 0.717) is 13.1 Å². The van der Waals surface area contributed by atoms with Gasteiger partial charge >= 0.3 is 12.2 Å². The van der Waals surface area contributed by atoms with E-state index < -0.39 is 18.8 Å². The van der Waals surface area contributed by atoms with Crippen molar-refractivity contribution in [2.45, 2.75) is 31.9 Å². The summed E-state index contributed by atoms with van der Waals surface area (Å²) in [5, 5.41) is 4.08. The molecule has 0 aromatic carbocycles. The van der Waals surface area contributed by atoms with Gasteiger partial charge in [-0.05, 0) is 19.4 Å². The summed E-state index contributed by atoms with van der Waals surface area (Å²) >= 11 is 0. The summed E-state index contributed by atoms with van der Waals surface area (Å²) in [4.78, 5) is 10.8. The molecule has 0 saturated carbocycles.